The van der Waals surface area contributed by atoms with E-state index in [2.05, 4.69) is 15.6 Å². The van der Waals surface area contributed by atoms with E-state index in [4.69, 9.17) is 5.84 Å². The van der Waals surface area contributed by atoms with Gasteiger partial charge in [-0.2, -0.15) is 10.2 Å². The van der Waals surface area contributed by atoms with E-state index in [1.54, 1.807) is 12.4 Å². The standard InChI is InChI=1S/C5H8N4/c6-7-3-5-1-2-8-9-4-5/h1-2,4,7H,3,6H2. The minimum atomic E-state index is 0.634. The van der Waals surface area contributed by atoms with Crippen molar-refractivity contribution in [3.8, 4) is 0 Å². The van der Waals surface area contributed by atoms with Gasteiger partial charge in [-0.3, -0.25) is 11.3 Å². The second kappa shape index (κ2) is 3.11. The van der Waals surface area contributed by atoms with Crippen LogP contribution in [-0.4, -0.2) is 10.2 Å². The predicted molar refractivity (Wildman–Crippen MR) is 33.1 cm³/mol. The van der Waals surface area contributed by atoms with E-state index in [-0.39, 0.29) is 0 Å². The van der Waals surface area contributed by atoms with Crippen molar-refractivity contribution >= 4 is 0 Å². The molecule has 1 heterocycles. The van der Waals surface area contributed by atoms with Gasteiger partial charge in [0.05, 0.1) is 6.20 Å². The fourth-order valence-electron chi connectivity index (χ4n) is 0.541. The van der Waals surface area contributed by atoms with Gasteiger partial charge >= 0.3 is 0 Å². The van der Waals surface area contributed by atoms with Gasteiger partial charge in [0.2, 0.25) is 0 Å². The van der Waals surface area contributed by atoms with Crippen LogP contribution in [0.4, 0.5) is 0 Å². The van der Waals surface area contributed by atoms with Crippen LogP contribution < -0.4 is 11.3 Å². The van der Waals surface area contributed by atoms with E-state index in [1.807, 2.05) is 6.07 Å². The highest BCUT2D eigenvalue weighted by Crippen LogP contribution is 1.89. The summed E-state index contributed by atoms with van der Waals surface area (Å²) in [5.74, 6) is 5.06. The maximum absolute atomic E-state index is 5.06. The normalized spacial score (nSPS) is 9.44. The minimum Gasteiger partial charge on any atom is -0.271 e. The van der Waals surface area contributed by atoms with Crippen molar-refractivity contribution in [1.29, 1.82) is 0 Å². The van der Waals surface area contributed by atoms with Crippen LogP contribution in [0.15, 0.2) is 18.5 Å². The van der Waals surface area contributed by atoms with Gasteiger partial charge in [-0.25, -0.2) is 0 Å². The van der Waals surface area contributed by atoms with Crippen LogP contribution in [0, 0.1) is 0 Å². The topological polar surface area (TPSA) is 63.8 Å². The Hall–Kier alpha value is -1.00. The molecule has 0 saturated heterocycles. The van der Waals surface area contributed by atoms with Crippen molar-refractivity contribution in [2.24, 2.45) is 5.84 Å². The van der Waals surface area contributed by atoms with Gasteiger partial charge in [-0.1, -0.05) is 0 Å². The van der Waals surface area contributed by atoms with Gasteiger partial charge in [-0.05, 0) is 11.6 Å². The fraction of sp³-hybridized carbons (Fsp3) is 0.200. The Morgan fingerprint density at radius 1 is 1.56 bits per heavy atom. The highest BCUT2D eigenvalue weighted by atomic mass is 15.2. The van der Waals surface area contributed by atoms with Gasteiger partial charge < -0.3 is 0 Å². The quantitative estimate of drug-likeness (QED) is 0.409. The van der Waals surface area contributed by atoms with Crippen LogP contribution in [0.3, 0.4) is 0 Å². The number of hydrogen-bond donors (Lipinski definition) is 2. The molecule has 1 rings (SSSR count). The third kappa shape index (κ3) is 1.75. The fourth-order valence-corrected chi connectivity index (χ4v) is 0.541. The molecular formula is C5H8N4. The number of rotatable bonds is 2. The van der Waals surface area contributed by atoms with Crippen LogP contribution in [0.25, 0.3) is 0 Å². The molecule has 0 fully saturated rings. The number of hydrogen-bond acceptors (Lipinski definition) is 4. The van der Waals surface area contributed by atoms with Gasteiger partial charge in [-0.15, -0.1) is 0 Å². The average Bonchev–Trinajstić information content (AvgIpc) is 1.91. The second-order valence-corrected chi connectivity index (χ2v) is 1.63. The lowest BCUT2D eigenvalue weighted by Crippen LogP contribution is -2.20. The van der Waals surface area contributed by atoms with Crippen molar-refractivity contribution in [3.05, 3.63) is 24.0 Å². The number of nitrogens with two attached hydrogens (primary N) is 1. The van der Waals surface area contributed by atoms with Crippen LogP contribution in [0.1, 0.15) is 5.56 Å². The van der Waals surface area contributed by atoms with E-state index in [9.17, 15) is 0 Å². The van der Waals surface area contributed by atoms with Crippen molar-refractivity contribution in [2.45, 2.75) is 6.54 Å². The first kappa shape index (κ1) is 6.12. The third-order valence-electron chi connectivity index (χ3n) is 0.952. The summed E-state index contributed by atoms with van der Waals surface area (Å²) in [6.45, 7) is 0.634. The van der Waals surface area contributed by atoms with E-state index in [1.165, 1.54) is 0 Å². The first-order valence-corrected chi connectivity index (χ1v) is 2.62. The summed E-state index contributed by atoms with van der Waals surface area (Å²) in [5, 5.41) is 7.27. The first-order chi connectivity index (χ1) is 4.43. The van der Waals surface area contributed by atoms with Crippen LogP contribution in [-0.2, 0) is 6.54 Å². The Morgan fingerprint density at radius 2 is 2.44 bits per heavy atom. The van der Waals surface area contributed by atoms with E-state index in [0.717, 1.165) is 5.56 Å². The summed E-state index contributed by atoms with van der Waals surface area (Å²) in [5.41, 5.74) is 3.55. The Balaban J connectivity index is 2.61. The SMILES string of the molecule is NNCc1ccnnc1. The van der Waals surface area contributed by atoms with Crippen molar-refractivity contribution < 1.29 is 0 Å². The smallest absolute Gasteiger partial charge is 0.0541 e. The lowest BCUT2D eigenvalue weighted by molar-refractivity contribution is 0.734. The maximum Gasteiger partial charge on any atom is 0.0541 e. The van der Waals surface area contributed by atoms with Crippen molar-refractivity contribution in [2.75, 3.05) is 0 Å². The van der Waals surface area contributed by atoms with Gasteiger partial charge in [0.15, 0.2) is 0 Å². The van der Waals surface area contributed by atoms with Crippen LogP contribution in [0.2, 0.25) is 0 Å². The number of hydrazine groups is 1. The molecule has 0 aliphatic carbocycles. The maximum atomic E-state index is 5.06. The van der Waals surface area contributed by atoms with Crippen LogP contribution in [0.5, 0.6) is 0 Å². The molecule has 1 aromatic heterocycles. The minimum absolute atomic E-state index is 0.634. The summed E-state index contributed by atoms with van der Waals surface area (Å²) in [4.78, 5) is 0. The van der Waals surface area contributed by atoms with Crippen LogP contribution >= 0.6 is 0 Å². The average molecular weight is 124 g/mol. The first-order valence-electron chi connectivity index (χ1n) is 2.62. The lowest BCUT2D eigenvalue weighted by Gasteiger charge is -1.94. The molecule has 4 nitrogen and oxygen atoms in total. The molecule has 0 spiro atoms. The zero-order valence-electron chi connectivity index (χ0n) is 4.91. The van der Waals surface area contributed by atoms with Gasteiger partial charge in [0, 0.05) is 12.7 Å². The highest BCUT2D eigenvalue weighted by molar-refractivity contribution is 5.03. The lowest BCUT2D eigenvalue weighted by atomic mass is 10.3. The van der Waals surface area contributed by atoms with E-state index >= 15 is 0 Å². The Labute approximate surface area is 53.1 Å². The van der Waals surface area contributed by atoms with Gasteiger partial charge in [0.25, 0.3) is 0 Å². The van der Waals surface area contributed by atoms with E-state index < -0.39 is 0 Å². The zero-order chi connectivity index (χ0) is 6.53. The molecule has 3 N–H and O–H groups in total. The molecule has 0 aromatic carbocycles. The van der Waals surface area contributed by atoms with E-state index in [0.29, 0.717) is 6.54 Å². The highest BCUT2D eigenvalue weighted by Gasteiger charge is 1.85. The third-order valence-corrected chi connectivity index (χ3v) is 0.952. The summed E-state index contributed by atoms with van der Waals surface area (Å²) in [6, 6.07) is 1.85. The molecule has 9 heavy (non-hydrogen) atoms. The summed E-state index contributed by atoms with van der Waals surface area (Å²) in [6.07, 6.45) is 3.30. The molecule has 48 valence electrons. The molecule has 1 aromatic rings. The summed E-state index contributed by atoms with van der Waals surface area (Å²) in [7, 11) is 0. The predicted octanol–water partition coefficient (Wildman–Crippen LogP) is -0.560. The molecule has 0 aliphatic heterocycles. The Kier molecular flexibility index (Phi) is 2.12. The monoisotopic (exact) mass is 124 g/mol. The molecule has 0 amide bonds. The summed E-state index contributed by atoms with van der Waals surface area (Å²) >= 11 is 0. The molecule has 0 saturated carbocycles. The molecule has 0 bridgehead atoms. The zero-order valence-corrected chi connectivity index (χ0v) is 4.91. The second-order valence-electron chi connectivity index (χ2n) is 1.63. The molecule has 0 unspecified atom stereocenters. The summed E-state index contributed by atoms with van der Waals surface area (Å²) < 4.78 is 0. The number of nitrogens with one attached hydrogen (secondary N) is 1. The largest absolute Gasteiger partial charge is 0.271 e. The Morgan fingerprint density at radius 3 is 3.00 bits per heavy atom. The molecular weight excluding hydrogens is 116 g/mol. The molecule has 4 heteroatoms. The molecule has 0 radical (unpaired) electrons. The van der Waals surface area contributed by atoms with Gasteiger partial charge in [0.1, 0.15) is 0 Å². The number of aromatic nitrogens is 2. The molecule has 0 atom stereocenters. The van der Waals surface area contributed by atoms with Crippen molar-refractivity contribution in [3.63, 3.8) is 0 Å². The number of nitrogens with zero attached hydrogens (tertiary/aromatic N) is 2. The van der Waals surface area contributed by atoms with Crippen molar-refractivity contribution in [1.82, 2.24) is 15.6 Å². The Bertz CT molecular complexity index is 162. The molecule has 0 aliphatic rings.